The minimum absolute atomic E-state index is 1.23. The van der Waals surface area contributed by atoms with Crippen LogP contribution < -0.4 is 0 Å². The molecular formula is C50H28N2S2. The number of thiophene rings is 2. The van der Waals surface area contributed by atoms with Crippen molar-refractivity contribution in [3.8, 4) is 22.5 Å². The minimum Gasteiger partial charge on any atom is -0.308 e. The third-order valence-corrected chi connectivity index (χ3v) is 14.1. The predicted molar refractivity (Wildman–Crippen MR) is 235 cm³/mol. The van der Waals surface area contributed by atoms with Gasteiger partial charge in [-0.2, -0.15) is 0 Å². The van der Waals surface area contributed by atoms with Crippen molar-refractivity contribution >= 4 is 117 Å². The first-order valence-corrected chi connectivity index (χ1v) is 20.1. The summed E-state index contributed by atoms with van der Waals surface area (Å²) in [5, 5.41) is 13.1. The lowest BCUT2D eigenvalue weighted by molar-refractivity contribution is 1.20. The van der Waals surface area contributed by atoms with E-state index in [0.29, 0.717) is 0 Å². The Bertz CT molecular complexity index is 3680. The zero-order valence-corrected chi connectivity index (χ0v) is 30.5. The number of hydrogen-bond donors (Lipinski definition) is 0. The van der Waals surface area contributed by atoms with Crippen molar-refractivity contribution in [2.45, 2.75) is 0 Å². The van der Waals surface area contributed by atoms with Crippen LogP contribution in [0.1, 0.15) is 0 Å². The zero-order chi connectivity index (χ0) is 35.1. The summed E-state index contributed by atoms with van der Waals surface area (Å²) >= 11 is 3.78. The first-order valence-electron chi connectivity index (χ1n) is 18.4. The van der Waals surface area contributed by atoms with E-state index in [1.807, 2.05) is 22.7 Å². The largest absolute Gasteiger partial charge is 0.308 e. The molecule has 13 rings (SSSR count). The van der Waals surface area contributed by atoms with Gasteiger partial charge >= 0.3 is 0 Å². The normalized spacial score (nSPS) is 12.4. The fourth-order valence-electron chi connectivity index (χ4n) is 9.42. The van der Waals surface area contributed by atoms with Gasteiger partial charge in [-0.1, -0.05) is 115 Å². The second-order valence-electron chi connectivity index (χ2n) is 14.4. The zero-order valence-electron chi connectivity index (χ0n) is 28.9. The van der Waals surface area contributed by atoms with Crippen LogP contribution in [0.2, 0.25) is 0 Å². The van der Waals surface area contributed by atoms with Gasteiger partial charge in [-0.3, -0.25) is 0 Å². The number of fused-ring (bicyclic) bond motifs is 9. The summed E-state index contributed by atoms with van der Waals surface area (Å²) in [6.45, 7) is 0. The number of benzene rings is 9. The average molecular weight is 721 g/mol. The highest BCUT2D eigenvalue weighted by Gasteiger charge is 2.22. The molecule has 9 aromatic carbocycles. The smallest absolute Gasteiger partial charge is 0.0640 e. The molecule has 0 bridgehead atoms. The van der Waals surface area contributed by atoms with Crippen LogP contribution in [0.3, 0.4) is 0 Å². The second-order valence-corrected chi connectivity index (χ2v) is 16.5. The van der Waals surface area contributed by atoms with Gasteiger partial charge in [0.05, 0.1) is 42.8 Å². The minimum atomic E-state index is 1.23. The average Bonchev–Trinajstić information content (AvgIpc) is 3.98. The number of aromatic nitrogens is 2. The Kier molecular flexibility index (Phi) is 5.69. The highest BCUT2D eigenvalue weighted by molar-refractivity contribution is 7.26. The summed E-state index contributed by atoms with van der Waals surface area (Å²) < 4.78 is 10.3. The highest BCUT2D eigenvalue weighted by Crippen LogP contribution is 2.47. The molecular weight excluding hydrogens is 693 g/mol. The molecule has 2 nitrogen and oxygen atoms in total. The van der Waals surface area contributed by atoms with E-state index in [0.717, 1.165) is 0 Å². The molecule has 54 heavy (non-hydrogen) atoms. The molecule has 4 heteroatoms. The molecule has 0 fully saturated rings. The maximum Gasteiger partial charge on any atom is 0.0640 e. The SMILES string of the molecule is c1ccc2c(c1)sc1c(-n3c4ccccc4c4cc(-c5ccc6c7c5ccc5cccc(c57)n6-c5cccc6c5sc5ccccc56)ccc43)cccc12. The van der Waals surface area contributed by atoms with Gasteiger partial charge in [-0.05, 0) is 76.5 Å². The highest BCUT2D eigenvalue weighted by atomic mass is 32.1. The van der Waals surface area contributed by atoms with Gasteiger partial charge in [0.2, 0.25) is 0 Å². The number of rotatable bonds is 3. The maximum absolute atomic E-state index is 2.51. The van der Waals surface area contributed by atoms with Gasteiger partial charge in [0.15, 0.2) is 0 Å². The summed E-state index contributed by atoms with van der Waals surface area (Å²) in [4.78, 5) is 0. The summed E-state index contributed by atoms with van der Waals surface area (Å²) in [5.41, 5.74) is 9.94. The summed E-state index contributed by atoms with van der Waals surface area (Å²) in [5.74, 6) is 0. The van der Waals surface area contributed by atoms with E-state index in [9.17, 15) is 0 Å². The fraction of sp³-hybridized carbons (Fsp3) is 0. The quantitative estimate of drug-likeness (QED) is 0.161. The molecule has 250 valence electrons. The second kappa shape index (κ2) is 10.6. The van der Waals surface area contributed by atoms with Crippen LogP contribution in [0.15, 0.2) is 170 Å². The molecule has 0 unspecified atom stereocenters. The molecule has 0 radical (unpaired) electrons. The number of nitrogens with zero attached hydrogens (tertiary/aromatic N) is 2. The Labute approximate surface area is 317 Å². The summed E-state index contributed by atoms with van der Waals surface area (Å²) in [6, 6.07) is 63.3. The molecule has 0 aliphatic rings. The Morgan fingerprint density at radius 2 is 0.889 bits per heavy atom. The van der Waals surface area contributed by atoms with Crippen LogP contribution in [-0.4, -0.2) is 9.13 Å². The van der Waals surface area contributed by atoms with E-state index in [1.165, 1.54) is 117 Å². The predicted octanol–water partition coefficient (Wildman–Crippen LogP) is 14.9. The molecule has 0 amide bonds. The lowest BCUT2D eigenvalue weighted by Crippen LogP contribution is -1.94. The van der Waals surface area contributed by atoms with Crippen molar-refractivity contribution in [2.24, 2.45) is 0 Å². The standard InChI is InChI=1S/C50H28N2S2/c1-4-16-39-32(11-1)38-28-30(23-26-40(38)51(39)43-18-8-14-36-33-12-2-5-20-45(33)53-49(36)43)31-25-27-42-48-35(31)24-22-29-10-7-17-41(47(29)48)52(42)44-19-9-15-37-34-13-3-6-21-46(34)54-50(37)44/h1-28H. The topological polar surface area (TPSA) is 9.86 Å². The van der Waals surface area contributed by atoms with E-state index < -0.39 is 0 Å². The van der Waals surface area contributed by atoms with E-state index in [-0.39, 0.29) is 0 Å². The lowest BCUT2D eigenvalue weighted by atomic mass is 9.94. The van der Waals surface area contributed by atoms with Crippen LogP contribution in [0.4, 0.5) is 0 Å². The maximum atomic E-state index is 2.51. The molecule has 4 heterocycles. The van der Waals surface area contributed by atoms with Crippen LogP contribution >= 0.6 is 22.7 Å². The van der Waals surface area contributed by atoms with Crippen LogP contribution in [0.5, 0.6) is 0 Å². The summed E-state index contributed by atoms with van der Waals surface area (Å²) in [7, 11) is 0. The third kappa shape index (κ3) is 3.73. The van der Waals surface area contributed by atoms with E-state index in [1.54, 1.807) is 0 Å². The first kappa shape index (κ1) is 29.0. The Morgan fingerprint density at radius 1 is 0.333 bits per heavy atom. The van der Waals surface area contributed by atoms with Gasteiger partial charge in [0.25, 0.3) is 0 Å². The van der Waals surface area contributed by atoms with Gasteiger partial charge < -0.3 is 9.13 Å². The molecule has 0 saturated heterocycles. The lowest BCUT2D eigenvalue weighted by Gasteiger charge is -2.12. The van der Waals surface area contributed by atoms with Crippen molar-refractivity contribution in [2.75, 3.05) is 0 Å². The van der Waals surface area contributed by atoms with Crippen molar-refractivity contribution in [3.05, 3.63) is 170 Å². The summed E-state index contributed by atoms with van der Waals surface area (Å²) in [6.07, 6.45) is 0. The van der Waals surface area contributed by atoms with Crippen molar-refractivity contribution in [1.29, 1.82) is 0 Å². The van der Waals surface area contributed by atoms with Crippen LogP contribution in [0, 0.1) is 0 Å². The molecule has 13 aromatic rings. The van der Waals surface area contributed by atoms with Gasteiger partial charge in [0, 0.05) is 52.5 Å². The monoisotopic (exact) mass is 720 g/mol. The molecule has 0 atom stereocenters. The Balaban J connectivity index is 1.06. The van der Waals surface area contributed by atoms with Crippen molar-refractivity contribution < 1.29 is 0 Å². The van der Waals surface area contributed by atoms with Gasteiger partial charge in [0.1, 0.15) is 0 Å². The van der Waals surface area contributed by atoms with Crippen LogP contribution in [-0.2, 0) is 0 Å². The van der Waals surface area contributed by atoms with Crippen LogP contribution in [0.25, 0.3) is 117 Å². The fourth-order valence-corrected chi connectivity index (χ4v) is 11.8. The van der Waals surface area contributed by atoms with Crippen molar-refractivity contribution in [3.63, 3.8) is 0 Å². The van der Waals surface area contributed by atoms with E-state index in [4.69, 9.17) is 0 Å². The van der Waals surface area contributed by atoms with E-state index >= 15 is 0 Å². The number of para-hydroxylation sites is 1. The molecule has 0 aliphatic heterocycles. The molecule has 0 aliphatic carbocycles. The first-order chi connectivity index (χ1) is 26.8. The van der Waals surface area contributed by atoms with E-state index in [2.05, 4.69) is 179 Å². The molecule has 0 saturated carbocycles. The molecule has 0 spiro atoms. The van der Waals surface area contributed by atoms with Crippen molar-refractivity contribution in [1.82, 2.24) is 9.13 Å². The molecule has 4 aromatic heterocycles. The molecule has 0 N–H and O–H groups in total. The van der Waals surface area contributed by atoms with Gasteiger partial charge in [-0.25, -0.2) is 0 Å². The third-order valence-electron chi connectivity index (χ3n) is 11.7. The Hall–Kier alpha value is -6.46. The Morgan fingerprint density at radius 3 is 1.63 bits per heavy atom. The number of hydrogen-bond acceptors (Lipinski definition) is 2. The van der Waals surface area contributed by atoms with Gasteiger partial charge in [-0.15, -0.1) is 22.7 Å².